The molecule has 0 saturated heterocycles. The zero-order valence-electron chi connectivity index (χ0n) is 6.59. The average Bonchev–Trinajstić information content (AvgIpc) is 1.95. The van der Waals surface area contributed by atoms with Crippen LogP contribution in [0.2, 0.25) is 0 Å². The summed E-state index contributed by atoms with van der Waals surface area (Å²) < 4.78 is -0.717. The van der Waals surface area contributed by atoms with Crippen LogP contribution in [0.1, 0.15) is 25.7 Å². The molecule has 12 heavy (non-hydrogen) atoms. The zero-order valence-corrected chi connectivity index (χ0v) is 14.3. The second kappa shape index (κ2) is 5.29. The van der Waals surface area contributed by atoms with Crippen LogP contribution in [0, 0.1) is 0 Å². The van der Waals surface area contributed by atoms with Gasteiger partial charge in [0, 0.05) is 32.1 Å². The summed E-state index contributed by atoms with van der Waals surface area (Å²) in [6.45, 7) is 0. The Bertz CT molecular complexity index is 177. The van der Waals surface area contributed by atoms with Gasteiger partial charge in [0.1, 0.15) is 4.32 Å². The van der Waals surface area contributed by atoms with E-state index in [-0.39, 0.29) is 32.1 Å². The molecule has 67 valence electrons. The van der Waals surface area contributed by atoms with Crippen LogP contribution < -0.4 is 0 Å². The van der Waals surface area contributed by atoms with Crippen molar-refractivity contribution in [2.75, 3.05) is 0 Å². The third-order valence-corrected chi connectivity index (χ3v) is 5.24. The molecule has 0 bridgehead atoms. The molecule has 0 aromatic heterocycles. The predicted molar refractivity (Wildman–Crippen MR) is 56.2 cm³/mol. The van der Waals surface area contributed by atoms with Crippen LogP contribution in [-0.4, -0.2) is 47.5 Å². The van der Waals surface area contributed by atoms with Gasteiger partial charge in [0.2, 0.25) is 0 Å². The molecule has 0 aliphatic heterocycles. The molecule has 1 aliphatic rings. The quantitative estimate of drug-likeness (QED) is 0.452. The topological polar surface area (TPSA) is 37.3 Å². The van der Waals surface area contributed by atoms with E-state index in [2.05, 4.69) is 31.9 Å². The minimum atomic E-state index is -0.751. The summed E-state index contributed by atoms with van der Waals surface area (Å²) in [6.07, 6.45) is 3.78. The van der Waals surface area contributed by atoms with Crippen molar-refractivity contribution in [1.29, 1.82) is 0 Å². The van der Waals surface area contributed by atoms with Crippen LogP contribution >= 0.6 is 31.9 Å². The van der Waals surface area contributed by atoms with Crippen molar-refractivity contribution in [3.05, 3.63) is 0 Å². The molecule has 2 unspecified atom stereocenters. The summed E-state index contributed by atoms with van der Waals surface area (Å²) in [4.78, 5) is 10.9. The van der Waals surface area contributed by atoms with Crippen LogP contribution in [0.25, 0.3) is 0 Å². The van der Waals surface area contributed by atoms with Gasteiger partial charge in [-0.1, -0.05) is 44.7 Å². The summed E-state index contributed by atoms with van der Waals surface area (Å²) >= 11 is 6.66. The Morgan fingerprint density at radius 1 is 1.50 bits per heavy atom. The summed E-state index contributed by atoms with van der Waals surface area (Å²) in [5, 5.41) is 8.89. The van der Waals surface area contributed by atoms with Crippen molar-refractivity contribution in [3.8, 4) is 0 Å². The summed E-state index contributed by atoms with van der Waals surface area (Å²) in [7, 11) is 0. The van der Waals surface area contributed by atoms with Gasteiger partial charge < -0.3 is 5.11 Å². The van der Waals surface area contributed by atoms with Gasteiger partial charge >= 0.3 is 5.97 Å². The molecule has 1 aliphatic carbocycles. The molecule has 1 radical (unpaired) electrons. The number of hydrogen-bond acceptors (Lipinski definition) is 1. The molecule has 2 nitrogen and oxygen atoms in total. The van der Waals surface area contributed by atoms with E-state index in [1.165, 1.54) is 0 Å². The Hall–Kier alpha value is 1.35. The van der Waals surface area contributed by atoms with Gasteiger partial charge in [0.15, 0.2) is 0 Å². The largest absolute Gasteiger partial charge is 0.480 e. The first kappa shape index (κ1) is 13.4. The molecule has 0 aromatic carbocycles. The third-order valence-electron chi connectivity index (χ3n) is 2.10. The van der Waals surface area contributed by atoms with Crippen LogP contribution in [0.15, 0.2) is 0 Å². The first-order valence-electron chi connectivity index (χ1n) is 3.64. The zero-order chi connectivity index (χ0) is 8.48. The van der Waals surface area contributed by atoms with E-state index >= 15 is 0 Å². The van der Waals surface area contributed by atoms with Crippen molar-refractivity contribution in [2.45, 2.75) is 34.8 Å². The number of carboxylic acid groups (broad SMARTS) is 1. The number of alkyl halides is 2. The predicted octanol–water partition coefficient (Wildman–Crippen LogP) is 2.16. The molecule has 1 saturated carbocycles. The Kier molecular flexibility index (Phi) is 5.88. The Morgan fingerprint density at radius 2 is 2.08 bits per heavy atom. The Labute approximate surface area is 109 Å². The number of carbonyl (C=O) groups is 1. The third kappa shape index (κ3) is 2.67. The number of halogens is 2. The van der Waals surface area contributed by atoms with Crippen molar-refractivity contribution >= 4 is 65.1 Å². The molecule has 1 N–H and O–H groups in total. The Morgan fingerprint density at radius 3 is 2.42 bits per heavy atom. The average molecular weight is 490 g/mol. The minimum Gasteiger partial charge on any atom is -0.480 e. The van der Waals surface area contributed by atoms with Gasteiger partial charge in [-0.3, -0.25) is 4.79 Å². The number of rotatable bonds is 1. The molecule has 0 spiro atoms. The fourth-order valence-electron chi connectivity index (χ4n) is 1.33. The van der Waals surface area contributed by atoms with Crippen molar-refractivity contribution in [3.63, 3.8) is 0 Å². The van der Waals surface area contributed by atoms with Crippen LogP contribution in [0.3, 0.4) is 0 Å². The maximum absolute atomic E-state index is 10.8. The van der Waals surface area contributed by atoms with Crippen LogP contribution in [-0.2, 0) is 4.79 Å². The minimum absolute atomic E-state index is 0. The van der Waals surface area contributed by atoms with E-state index in [9.17, 15) is 4.79 Å². The number of carboxylic acids is 1. The molecule has 2 atom stereocenters. The van der Waals surface area contributed by atoms with E-state index in [4.69, 9.17) is 5.11 Å². The van der Waals surface area contributed by atoms with Gasteiger partial charge in [-0.2, -0.15) is 0 Å². The van der Waals surface area contributed by atoms with E-state index < -0.39 is 10.3 Å². The molecular weight excluding hydrogens is 480 g/mol. The second-order valence-electron chi connectivity index (χ2n) is 2.88. The monoisotopic (exact) mass is 489 g/mol. The number of aliphatic carboxylic acids is 1. The van der Waals surface area contributed by atoms with Gasteiger partial charge in [0.25, 0.3) is 0 Å². The molecule has 0 heterocycles. The standard InChI is InChI=1S/C7H10Br2O2.Tl/c8-5-3-1-2-4-7(5,9)6(10)11;/h5H,1-4H2,(H,10,11);. The van der Waals surface area contributed by atoms with Crippen molar-refractivity contribution in [2.24, 2.45) is 0 Å². The summed E-state index contributed by atoms with van der Waals surface area (Å²) in [5.41, 5.74) is 0. The Balaban J connectivity index is 0.00000121. The molecule has 0 amide bonds. The first-order valence-corrected chi connectivity index (χ1v) is 5.34. The molecule has 1 rings (SSSR count). The maximum Gasteiger partial charge on any atom is 0.321 e. The van der Waals surface area contributed by atoms with E-state index in [0.29, 0.717) is 0 Å². The normalized spacial score (nSPS) is 35.3. The van der Waals surface area contributed by atoms with E-state index in [1.54, 1.807) is 0 Å². The maximum atomic E-state index is 10.8. The molecule has 1 fully saturated rings. The van der Waals surface area contributed by atoms with E-state index in [0.717, 1.165) is 25.7 Å². The van der Waals surface area contributed by atoms with Crippen LogP contribution in [0.5, 0.6) is 0 Å². The first-order chi connectivity index (χ1) is 5.07. The smallest absolute Gasteiger partial charge is 0.321 e. The SMILES string of the molecule is O=C(O)C1(Br)CCCCC1Br.[Tl]. The molecular formula is C7H10Br2O2Tl. The van der Waals surface area contributed by atoms with Crippen molar-refractivity contribution in [1.82, 2.24) is 0 Å². The second-order valence-corrected chi connectivity index (χ2v) is 5.40. The van der Waals surface area contributed by atoms with E-state index in [1.807, 2.05) is 0 Å². The van der Waals surface area contributed by atoms with Crippen LogP contribution in [0.4, 0.5) is 0 Å². The number of hydrogen-bond donors (Lipinski definition) is 1. The van der Waals surface area contributed by atoms with Gasteiger partial charge in [-0.15, -0.1) is 0 Å². The van der Waals surface area contributed by atoms with Crippen molar-refractivity contribution < 1.29 is 9.90 Å². The summed E-state index contributed by atoms with van der Waals surface area (Å²) in [6, 6.07) is 0. The molecule has 5 heteroatoms. The van der Waals surface area contributed by atoms with Gasteiger partial charge in [0.05, 0.1) is 0 Å². The molecule has 0 aromatic rings. The summed E-state index contributed by atoms with van der Waals surface area (Å²) in [5.74, 6) is -0.751. The van der Waals surface area contributed by atoms with Gasteiger partial charge in [-0.05, 0) is 12.8 Å². The fraction of sp³-hybridized carbons (Fsp3) is 0.857. The van der Waals surface area contributed by atoms with Gasteiger partial charge in [-0.25, -0.2) is 0 Å². The fourth-order valence-corrected chi connectivity index (χ4v) is 2.59.